The molecular weight excluding hydrogens is 180 g/mol. The Bertz CT molecular complexity index is 244. The molecule has 1 aliphatic carbocycles. The highest BCUT2D eigenvalue weighted by atomic mass is 16.4. The van der Waals surface area contributed by atoms with Crippen molar-refractivity contribution in [3.8, 4) is 0 Å². The zero-order valence-electron chi connectivity index (χ0n) is 8.52. The van der Waals surface area contributed by atoms with Crippen LogP contribution in [0.3, 0.4) is 0 Å². The fourth-order valence-corrected chi connectivity index (χ4v) is 2.81. The highest BCUT2D eigenvalue weighted by Crippen LogP contribution is 2.37. The van der Waals surface area contributed by atoms with Gasteiger partial charge in [0.2, 0.25) is 0 Å². The van der Waals surface area contributed by atoms with E-state index in [4.69, 9.17) is 10.8 Å². The lowest BCUT2D eigenvalue weighted by molar-refractivity contribution is -0.142. The van der Waals surface area contributed by atoms with E-state index >= 15 is 0 Å². The third-order valence-corrected chi connectivity index (χ3v) is 3.85. The molecule has 4 nitrogen and oxygen atoms in total. The largest absolute Gasteiger partial charge is 0.480 e. The van der Waals surface area contributed by atoms with E-state index in [-0.39, 0.29) is 6.04 Å². The summed E-state index contributed by atoms with van der Waals surface area (Å²) in [5.41, 5.74) is 5.98. The van der Waals surface area contributed by atoms with Crippen LogP contribution in [0.5, 0.6) is 0 Å². The monoisotopic (exact) mass is 198 g/mol. The first-order chi connectivity index (χ1) is 6.59. The van der Waals surface area contributed by atoms with Gasteiger partial charge in [0.15, 0.2) is 0 Å². The number of nitrogens with two attached hydrogens (primary N) is 1. The van der Waals surface area contributed by atoms with Crippen molar-refractivity contribution in [3.63, 3.8) is 0 Å². The van der Waals surface area contributed by atoms with Gasteiger partial charge in [0, 0.05) is 19.1 Å². The Hall–Kier alpha value is -0.610. The molecule has 0 bridgehead atoms. The van der Waals surface area contributed by atoms with Gasteiger partial charge in [0.25, 0.3) is 0 Å². The summed E-state index contributed by atoms with van der Waals surface area (Å²) in [6, 6.07) is -0.0567. The predicted molar refractivity (Wildman–Crippen MR) is 52.9 cm³/mol. The van der Waals surface area contributed by atoms with Gasteiger partial charge in [-0.3, -0.25) is 9.69 Å². The smallest absolute Gasteiger partial charge is 0.320 e. The second kappa shape index (κ2) is 3.51. The van der Waals surface area contributed by atoms with Crippen LogP contribution in [0.25, 0.3) is 0 Å². The molecule has 1 saturated carbocycles. The van der Waals surface area contributed by atoms with Gasteiger partial charge in [0.1, 0.15) is 6.04 Å². The van der Waals surface area contributed by atoms with Gasteiger partial charge < -0.3 is 10.8 Å². The second-order valence-electron chi connectivity index (χ2n) is 4.63. The fourth-order valence-electron chi connectivity index (χ4n) is 2.81. The van der Waals surface area contributed by atoms with E-state index in [1.807, 2.05) is 0 Å². The van der Waals surface area contributed by atoms with E-state index in [1.165, 1.54) is 6.42 Å². The molecule has 14 heavy (non-hydrogen) atoms. The zero-order valence-corrected chi connectivity index (χ0v) is 8.52. The third-order valence-electron chi connectivity index (χ3n) is 3.85. The highest BCUT2D eigenvalue weighted by Gasteiger charge is 2.43. The molecule has 2 rings (SSSR count). The van der Waals surface area contributed by atoms with Gasteiger partial charge in [-0.1, -0.05) is 0 Å². The summed E-state index contributed by atoms with van der Waals surface area (Å²) < 4.78 is 0. The van der Waals surface area contributed by atoms with Crippen LogP contribution >= 0.6 is 0 Å². The van der Waals surface area contributed by atoms with Crippen LogP contribution in [0.2, 0.25) is 0 Å². The van der Waals surface area contributed by atoms with Gasteiger partial charge in [-0.25, -0.2) is 0 Å². The molecule has 4 heteroatoms. The summed E-state index contributed by atoms with van der Waals surface area (Å²) in [6.45, 7) is 3.56. The number of fused-ring (bicyclic) bond motifs is 1. The first-order valence-electron chi connectivity index (χ1n) is 5.32. The fraction of sp³-hybridized carbons (Fsp3) is 0.900. The van der Waals surface area contributed by atoms with Crippen LogP contribution in [0, 0.1) is 11.8 Å². The minimum absolute atomic E-state index is 0.297. The Kier molecular flexibility index (Phi) is 2.49. The van der Waals surface area contributed by atoms with Crippen molar-refractivity contribution < 1.29 is 9.90 Å². The summed E-state index contributed by atoms with van der Waals surface area (Å²) in [5.74, 6) is 0.460. The summed E-state index contributed by atoms with van der Waals surface area (Å²) in [5, 5.41) is 8.90. The minimum atomic E-state index is -0.724. The van der Waals surface area contributed by atoms with Crippen LogP contribution in [-0.4, -0.2) is 41.1 Å². The van der Waals surface area contributed by atoms with Crippen molar-refractivity contribution in [1.29, 1.82) is 0 Å². The maximum atomic E-state index is 10.8. The summed E-state index contributed by atoms with van der Waals surface area (Å²) in [7, 11) is 0. The van der Waals surface area contributed by atoms with Crippen molar-refractivity contribution in [2.75, 3.05) is 13.1 Å². The zero-order chi connectivity index (χ0) is 10.3. The summed E-state index contributed by atoms with van der Waals surface area (Å²) in [4.78, 5) is 12.9. The Labute approximate surface area is 84.1 Å². The quantitative estimate of drug-likeness (QED) is 0.662. The SMILES string of the molecule is CC(C(=O)O)N1CC2CCC(N)C2C1. The van der Waals surface area contributed by atoms with E-state index < -0.39 is 5.97 Å². The normalized spacial score (nSPS) is 39.7. The molecular formula is C10H18N2O2. The molecule has 4 unspecified atom stereocenters. The molecule has 1 heterocycles. The van der Waals surface area contributed by atoms with Crippen LogP contribution in [-0.2, 0) is 4.79 Å². The van der Waals surface area contributed by atoms with Crippen molar-refractivity contribution >= 4 is 5.97 Å². The Balaban J connectivity index is 1.98. The standard InChI is InChI=1S/C10H18N2O2/c1-6(10(13)14)12-4-7-2-3-9(11)8(7)5-12/h6-9H,2-5,11H2,1H3,(H,13,14). The highest BCUT2D eigenvalue weighted by molar-refractivity contribution is 5.72. The minimum Gasteiger partial charge on any atom is -0.480 e. The van der Waals surface area contributed by atoms with Crippen molar-refractivity contribution in [3.05, 3.63) is 0 Å². The number of carboxylic acids is 1. The number of nitrogens with zero attached hydrogens (tertiary/aromatic N) is 1. The Morgan fingerprint density at radius 1 is 1.50 bits per heavy atom. The van der Waals surface area contributed by atoms with Gasteiger partial charge >= 0.3 is 5.97 Å². The van der Waals surface area contributed by atoms with E-state index in [9.17, 15) is 4.79 Å². The third kappa shape index (κ3) is 1.53. The lowest BCUT2D eigenvalue weighted by Crippen LogP contribution is -2.39. The number of aliphatic carboxylic acids is 1. The Morgan fingerprint density at radius 2 is 2.21 bits per heavy atom. The van der Waals surface area contributed by atoms with Gasteiger partial charge in [0.05, 0.1) is 0 Å². The molecule has 1 saturated heterocycles. The maximum Gasteiger partial charge on any atom is 0.320 e. The number of hydrogen-bond donors (Lipinski definition) is 2. The lowest BCUT2D eigenvalue weighted by atomic mass is 9.98. The molecule has 0 aromatic rings. The molecule has 4 atom stereocenters. The molecule has 1 aliphatic heterocycles. The molecule has 80 valence electrons. The van der Waals surface area contributed by atoms with Gasteiger partial charge in [-0.15, -0.1) is 0 Å². The molecule has 0 aromatic carbocycles. The molecule has 3 N–H and O–H groups in total. The summed E-state index contributed by atoms with van der Waals surface area (Å²) in [6.07, 6.45) is 2.29. The summed E-state index contributed by atoms with van der Waals surface area (Å²) >= 11 is 0. The molecule has 0 amide bonds. The van der Waals surface area contributed by atoms with Crippen LogP contribution in [0.15, 0.2) is 0 Å². The first kappa shape index (κ1) is 9.93. The van der Waals surface area contributed by atoms with E-state index in [0.29, 0.717) is 17.9 Å². The number of carboxylic acid groups (broad SMARTS) is 1. The lowest BCUT2D eigenvalue weighted by Gasteiger charge is -2.22. The number of likely N-dealkylation sites (tertiary alicyclic amines) is 1. The number of carbonyl (C=O) groups is 1. The Morgan fingerprint density at radius 3 is 2.79 bits per heavy atom. The molecule has 0 radical (unpaired) electrons. The van der Waals surface area contributed by atoms with E-state index in [0.717, 1.165) is 19.5 Å². The van der Waals surface area contributed by atoms with Crippen molar-refractivity contribution in [1.82, 2.24) is 4.90 Å². The van der Waals surface area contributed by atoms with E-state index in [2.05, 4.69) is 4.90 Å². The number of rotatable bonds is 2. The van der Waals surface area contributed by atoms with Crippen molar-refractivity contribution in [2.24, 2.45) is 17.6 Å². The van der Waals surface area contributed by atoms with E-state index in [1.54, 1.807) is 6.92 Å². The van der Waals surface area contributed by atoms with Gasteiger partial charge in [-0.05, 0) is 31.6 Å². The van der Waals surface area contributed by atoms with Crippen LogP contribution < -0.4 is 5.73 Å². The van der Waals surface area contributed by atoms with Crippen molar-refractivity contribution in [2.45, 2.75) is 31.8 Å². The number of hydrogen-bond acceptors (Lipinski definition) is 3. The predicted octanol–water partition coefficient (Wildman–Crippen LogP) is 0.129. The van der Waals surface area contributed by atoms with Crippen LogP contribution in [0.1, 0.15) is 19.8 Å². The average molecular weight is 198 g/mol. The molecule has 0 spiro atoms. The average Bonchev–Trinajstić information content (AvgIpc) is 2.67. The van der Waals surface area contributed by atoms with Crippen LogP contribution in [0.4, 0.5) is 0 Å². The molecule has 2 aliphatic rings. The second-order valence-corrected chi connectivity index (χ2v) is 4.63. The molecule has 2 fully saturated rings. The molecule has 0 aromatic heterocycles. The topological polar surface area (TPSA) is 66.6 Å². The first-order valence-corrected chi connectivity index (χ1v) is 5.32. The van der Waals surface area contributed by atoms with Gasteiger partial charge in [-0.2, -0.15) is 0 Å². The maximum absolute atomic E-state index is 10.8.